The lowest BCUT2D eigenvalue weighted by molar-refractivity contribution is 0.0627. The van der Waals surface area contributed by atoms with Gasteiger partial charge in [0.2, 0.25) is 0 Å². The molecule has 9 nitrogen and oxygen atoms in total. The number of anilines is 1. The summed E-state index contributed by atoms with van der Waals surface area (Å²) in [5.41, 5.74) is 8.36. The number of nitrogens with zero attached hydrogens (tertiary/aromatic N) is 3. The Morgan fingerprint density at radius 3 is 2.43 bits per heavy atom. The van der Waals surface area contributed by atoms with Crippen LogP contribution in [0.4, 0.5) is 5.69 Å². The van der Waals surface area contributed by atoms with Crippen LogP contribution >= 0.6 is 0 Å². The van der Waals surface area contributed by atoms with E-state index in [0.717, 1.165) is 15.7 Å². The number of aromatic nitrogens is 2. The molecule has 1 aromatic carbocycles. The van der Waals surface area contributed by atoms with Crippen molar-refractivity contribution in [2.24, 2.45) is 14.1 Å². The monoisotopic (exact) mass is 528 g/mol. The minimum absolute atomic E-state index is 0.00241. The van der Waals surface area contributed by atoms with Crippen molar-refractivity contribution in [3.8, 4) is 5.75 Å². The number of hydrogen-bond donors (Lipinski definition) is 1. The predicted octanol–water partition coefficient (Wildman–Crippen LogP) is 3.30. The second-order valence-electron chi connectivity index (χ2n) is 11.3. The Morgan fingerprint density at radius 1 is 1.19 bits per heavy atom. The van der Waals surface area contributed by atoms with Crippen LogP contribution in [0, 0.1) is 6.92 Å². The summed E-state index contributed by atoms with van der Waals surface area (Å²) in [4.78, 5) is 40.7. The van der Waals surface area contributed by atoms with Gasteiger partial charge in [0.1, 0.15) is 5.75 Å². The van der Waals surface area contributed by atoms with Crippen LogP contribution in [0.3, 0.4) is 0 Å². The molecule has 1 aliphatic rings. The van der Waals surface area contributed by atoms with E-state index in [1.165, 1.54) is 11.6 Å². The van der Waals surface area contributed by atoms with E-state index in [1.54, 1.807) is 37.4 Å². The molecule has 10 heteroatoms. The van der Waals surface area contributed by atoms with Crippen LogP contribution < -0.4 is 21.7 Å². The number of ether oxygens (including phenoxy) is 1. The van der Waals surface area contributed by atoms with Crippen LogP contribution in [0.25, 0.3) is 5.57 Å². The zero-order valence-corrected chi connectivity index (χ0v) is 24.5. The number of hydrogen-bond acceptors (Lipinski definition) is 6. The van der Waals surface area contributed by atoms with Crippen LogP contribution in [0.15, 0.2) is 34.0 Å². The Balaban J connectivity index is 2.04. The topological polar surface area (TPSA) is 109 Å². The number of carbonyl (C=O) groups is 1. The average Bonchev–Trinajstić information content (AvgIpc) is 2.82. The third kappa shape index (κ3) is 5.59. The van der Waals surface area contributed by atoms with Crippen molar-refractivity contribution in [2.45, 2.75) is 58.3 Å². The van der Waals surface area contributed by atoms with E-state index >= 15 is 0 Å². The number of carbonyl (C=O) groups excluding carboxylic acids is 1. The molecule has 0 radical (unpaired) electrons. The van der Waals surface area contributed by atoms with E-state index in [-0.39, 0.29) is 34.8 Å². The highest BCUT2D eigenvalue weighted by molar-refractivity contribution is 6.74. The molecule has 2 N–H and O–H groups in total. The van der Waals surface area contributed by atoms with Gasteiger partial charge in [0.15, 0.2) is 8.32 Å². The Labute approximate surface area is 219 Å². The second-order valence-corrected chi connectivity index (χ2v) is 16.1. The highest BCUT2D eigenvalue weighted by atomic mass is 28.4. The molecule has 2 heterocycles. The van der Waals surface area contributed by atoms with Crippen molar-refractivity contribution in [1.29, 1.82) is 0 Å². The minimum Gasteiger partial charge on any atom is -0.496 e. The molecular weight excluding hydrogens is 488 g/mol. The molecule has 1 atom stereocenters. The third-order valence-corrected chi connectivity index (χ3v) is 12.2. The maximum atomic E-state index is 13.8. The molecule has 0 aliphatic carbocycles. The zero-order chi connectivity index (χ0) is 27.9. The number of amides is 1. The SMILES string of the molecule is COc1cc(C(=O)N2CC=C(c3cn(C)c(=O)n(C)c3=O)C[C@H]2CO[Si](C)(C)C(C)(C)C)c(N)cc1C. The molecule has 0 saturated heterocycles. The van der Waals surface area contributed by atoms with Crippen LogP contribution in [-0.4, -0.2) is 54.6 Å². The molecule has 0 spiro atoms. The van der Waals surface area contributed by atoms with Crippen molar-refractivity contribution >= 4 is 25.5 Å². The quantitative estimate of drug-likeness (QED) is 0.455. The van der Waals surface area contributed by atoms with Crippen molar-refractivity contribution < 1.29 is 14.0 Å². The van der Waals surface area contributed by atoms with E-state index in [4.69, 9.17) is 14.9 Å². The first-order chi connectivity index (χ1) is 17.1. The van der Waals surface area contributed by atoms with Gasteiger partial charge in [0.25, 0.3) is 11.5 Å². The number of aryl methyl sites for hydroxylation is 2. The molecule has 0 fully saturated rings. The summed E-state index contributed by atoms with van der Waals surface area (Å²) in [5.74, 6) is 0.372. The highest BCUT2D eigenvalue weighted by Gasteiger charge is 2.39. The number of benzene rings is 1. The molecule has 202 valence electrons. The van der Waals surface area contributed by atoms with Gasteiger partial charge in [0.05, 0.1) is 30.9 Å². The molecule has 0 saturated carbocycles. The number of methoxy groups -OCH3 is 1. The highest BCUT2D eigenvalue weighted by Crippen LogP contribution is 2.37. The maximum Gasteiger partial charge on any atom is 0.330 e. The zero-order valence-electron chi connectivity index (χ0n) is 23.5. The van der Waals surface area contributed by atoms with Gasteiger partial charge < -0.3 is 24.4 Å². The van der Waals surface area contributed by atoms with E-state index in [9.17, 15) is 14.4 Å². The van der Waals surface area contributed by atoms with Gasteiger partial charge in [-0.3, -0.25) is 14.2 Å². The Hall–Kier alpha value is -3.11. The van der Waals surface area contributed by atoms with Crippen LogP contribution in [0.2, 0.25) is 18.1 Å². The maximum absolute atomic E-state index is 13.8. The fourth-order valence-corrected chi connectivity index (χ4v) is 5.28. The minimum atomic E-state index is -2.12. The molecule has 1 aromatic heterocycles. The Bertz CT molecular complexity index is 1350. The summed E-state index contributed by atoms with van der Waals surface area (Å²) in [6.45, 7) is 13.3. The van der Waals surface area contributed by atoms with E-state index in [0.29, 0.717) is 35.6 Å². The number of rotatable bonds is 6. The second kappa shape index (κ2) is 10.3. The predicted molar refractivity (Wildman–Crippen MR) is 150 cm³/mol. The molecular formula is C27H40N4O5Si. The van der Waals surface area contributed by atoms with Crippen molar-refractivity contribution in [1.82, 2.24) is 14.0 Å². The fourth-order valence-electron chi connectivity index (χ4n) is 4.24. The van der Waals surface area contributed by atoms with E-state index in [2.05, 4.69) is 33.9 Å². The molecule has 0 bridgehead atoms. The molecule has 1 aliphatic heterocycles. The smallest absolute Gasteiger partial charge is 0.330 e. The molecule has 37 heavy (non-hydrogen) atoms. The van der Waals surface area contributed by atoms with Crippen LogP contribution in [0.1, 0.15) is 48.7 Å². The first-order valence-electron chi connectivity index (χ1n) is 12.4. The Morgan fingerprint density at radius 2 is 1.84 bits per heavy atom. The number of nitrogen functional groups attached to an aromatic ring is 1. The summed E-state index contributed by atoms with van der Waals surface area (Å²) >= 11 is 0. The van der Waals surface area contributed by atoms with Gasteiger partial charge in [0, 0.05) is 32.5 Å². The fraction of sp³-hybridized carbons (Fsp3) is 0.519. The Kier molecular flexibility index (Phi) is 7.95. The van der Waals surface area contributed by atoms with Gasteiger partial charge in [-0.25, -0.2) is 4.79 Å². The summed E-state index contributed by atoms with van der Waals surface area (Å²) in [6, 6.07) is 3.10. The third-order valence-electron chi connectivity index (χ3n) is 7.72. The van der Waals surface area contributed by atoms with Crippen molar-refractivity contribution in [2.75, 3.05) is 26.0 Å². The number of nitrogens with two attached hydrogens (primary N) is 1. The largest absolute Gasteiger partial charge is 0.496 e. The average molecular weight is 529 g/mol. The van der Waals surface area contributed by atoms with Gasteiger partial charge in [-0.05, 0) is 54.7 Å². The van der Waals surface area contributed by atoms with E-state index in [1.807, 2.05) is 13.0 Å². The van der Waals surface area contributed by atoms with Crippen LogP contribution in [0.5, 0.6) is 5.75 Å². The van der Waals surface area contributed by atoms with Crippen LogP contribution in [-0.2, 0) is 18.5 Å². The van der Waals surface area contributed by atoms with Gasteiger partial charge >= 0.3 is 5.69 Å². The van der Waals surface area contributed by atoms with Crippen molar-refractivity contribution in [3.05, 3.63) is 61.9 Å². The summed E-state index contributed by atoms with van der Waals surface area (Å²) in [5, 5.41) is -0.00241. The first kappa shape index (κ1) is 28.5. The standard InChI is InChI=1S/C27H40N4O5Si/c1-17-12-22(28)20(14-23(17)35-7)25(33)31-11-10-18(21-15-29(5)26(34)30(6)24(21)32)13-19(31)16-36-37(8,9)27(2,3)4/h10,12,14-15,19H,11,13,16,28H2,1-9H3/t19-/m0/s1. The van der Waals surface area contributed by atoms with Gasteiger partial charge in [-0.15, -0.1) is 0 Å². The molecule has 0 unspecified atom stereocenters. The lowest BCUT2D eigenvalue weighted by Crippen LogP contribution is -2.50. The molecule has 1 amide bonds. The lowest BCUT2D eigenvalue weighted by Gasteiger charge is -2.41. The van der Waals surface area contributed by atoms with Crippen molar-refractivity contribution in [3.63, 3.8) is 0 Å². The summed E-state index contributed by atoms with van der Waals surface area (Å²) in [7, 11) is 2.54. The first-order valence-corrected chi connectivity index (χ1v) is 15.3. The van der Waals surface area contributed by atoms with E-state index < -0.39 is 8.32 Å². The van der Waals surface area contributed by atoms with Gasteiger partial charge in [-0.2, -0.15) is 0 Å². The molecule has 2 aromatic rings. The molecule has 3 rings (SSSR count). The summed E-state index contributed by atoms with van der Waals surface area (Å²) < 4.78 is 14.5. The van der Waals surface area contributed by atoms with Gasteiger partial charge in [-0.1, -0.05) is 26.8 Å². The normalized spacial score (nSPS) is 16.5. The lowest BCUT2D eigenvalue weighted by atomic mass is 9.94. The summed E-state index contributed by atoms with van der Waals surface area (Å²) in [6.07, 6.45) is 3.86.